The summed E-state index contributed by atoms with van der Waals surface area (Å²) in [5.41, 5.74) is 3.39. The molecule has 3 rings (SSSR count). The van der Waals surface area contributed by atoms with Crippen LogP contribution in [0.25, 0.3) is 10.6 Å². The van der Waals surface area contributed by atoms with E-state index >= 15 is 0 Å². The molecule has 0 bridgehead atoms. The highest BCUT2D eigenvalue weighted by Crippen LogP contribution is 2.29. The maximum absolute atomic E-state index is 5.89. The van der Waals surface area contributed by atoms with Gasteiger partial charge in [0.1, 0.15) is 16.5 Å². The van der Waals surface area contributed by atoms with E-state index in [1.54, 1.807) is 18.4 Å². The molecule has 0 aliphatic rings. The Bertz CT molecular complexity index is 809. The van der Waals surface area contributed by atoms with Crippen LogP contribution in [0.1, 0.15) is 16.1 Å². The summed E-state index contributed by atoms with van der Waals surface area (Å²) in [6, 6.07) is 16.1. The molecule has 124 valence electrons. The summed E-state index contributed by atoms with van der Waals surface area (Å²) in [5, 5.41) is 1.04. The topological polar surface area (TPSA) is 31.4 Å². The summed E-state index contributed by atoms with van der Waals surface area (Å²) in [7, 11) is 1.68. The van der Waals surface area contributed by atoms with Crippen LogP contribution in [0.5, 0.6) is 11.5 Å². The number of hydrogen-bond acceptors (Lipinski definition) is 4. The van der Waals surface area contributed by atoms with Crippen molar-refractivity contribution in [2.24, 2.45) is 0 Å². The van der Waals surface area contributed by atoms with Gasteiger partial charge in [0.05, 0.1) is 19.4 Å². The normalized spacial score (nSPS) is 10.6. The van der Waals surface area contributed by atoms with E-state index in [9.17, 15) is 0 Å². The van der Waals surface area contributed by atoms with Gasteiger partial charge in [-0.05, 0) is 49.7 Å². The van der Waals surface area contributed by atoms with E-state index in [2.05, 4.69) is 19.9 Å². The second kappa shape index (κ2) is 7.49. The van der Waals surface area contributed by atoms with Gasteiger partial charge in [0.15, 0.2) is 0 Å². The molecule has 0 atom stereocenters. The summed E-state index contributed by atoms with van der Waals surface area (Å²) in [5.74, 6) is 1.81. The van der Waals surface area contributed by atoms with Crippen molar-refractivity contribution in [2.75, 3.05) is 13.7 Å². The lowest BCUT2D eigenvalue weighted by Gasteiger charge is -2.07. The summed E-state index contributed by atoms with van der Waals surface area (Å²) < 4.78 is 11.1. The van der Waals surface area contributed by atoms with Gasteiger partial charge in [-0.3, -0.25) is 0 Å². The van der Waals surface area contributed by atoms with Gasteiger partial charge in [0.2, 0.25) is 0 Å². The van der Waals surface area contributed by atoms with Gasteiger partial charge in [0, 0.05) is 16.9 Å². The van der Waals surface area contributed by atoms with E-state index in [0.717, 1.165) is 39.7 Å². The monoisotopic (exact) mass is 339 g/mol. The molecule has 0 saturated carbocycles. The SMILES string of the molecule is COc1ccc(-c2nc(CCOc3ccccc3C)c(C)s2)cc1. The molecule has 0 unspecified atom stereocenters. The van der Waals surface area contributed by atoms with Crippen molar-refractivity contribution in [2.45, 2.75) is 20.3 Å². The molecule has 0 aliphatic carbocycles. The van der Waals surface area contributed by atoms with Crippen LogP contribution in [0.2, 0.25) is 0 Å². The average molecular weight is 339 g/mol. The van der Waals surface area contributed by atoms with Crippen molar-refractivity contribution in [3.05, 3.63) is 64.7 Å². The maximum atomic E-state index is 5.89. The molecule has 3 aromatic rings. The van der Waals surface area contributed by atoms with Crippen molar-refractivity contribution in [1.29, 1.82) is 0 Å². The predicted octanol–water partition coefficient (Wildman–Crippen LogP) is 5.06. The summed E-state index contributed by atoms with van der Waals surface area (Å²) in [6.07, 6.45) is 0.812. The third-order valence-electron chi connectivity index (χ3n) is 3.92. The maximum Gasteiger partial charge on any atom is 0.123 e. The van der Waals surface area contributed by atoms with E-state index < -0.39 is 0 Å². The van der Waals surface area contributed by atoms with Crippen molar-refractivity contribution >= 4 is 11.3 Å². The van der Waals surface area contributed by atoms with Crippen LogP contribution in [0.4, 0.5) is 0 Å². The van der Waals surface area contributed by atoms with E-state index in [1.165, 1.54) is 4.88 Å². The van der Waals surface area contributed by atoms with Crippen LogP contribution in [-0.4, -0.2) is 18.7 Å². The number of ether oxygens (including phenoxy) is 2. The number of aromatic nitrogens is 1. The van der Waals surface area contributed by atoms with Crippen molar-refractivity contribution in [3.63, 3.8) is 0 Å². The van der Waals surface area contributed by atoms with Crippen LogP contribution in [0.15, 0.2) is 48.5 Å². The number of thiazole rings is 1. The van der Waals surface area contributed by atoms with Crippen LogP contribution in [0, 0.1) is 13.8 Å². The Morgan fingerprint density at radius 1 is 1.00 bits per heavy atom. The molecule has 4 heteroatoms. The molecular weight excluding hydrogens is 318 g/mol. The molecule has 3 nitrogen and oxygen atoms in total. The second-order valence-electron chi connectivity index (χ2n) is 5.61. The highest BCUT2D eigenvalue weighted by molar-refractivity contribution is 7.15. The van der Waals surface area contributed by atoms with Gasteiger partial charge in [-0.15, -0.1) is 11.3 Å². The predicted molar refractivity (Wildman–Crippen MR) is 99.2 cm³/mol. The number of nitrogens with zero attached hydrogens (tertiary/aromatic N) is 1. The lowest BCUT2D eigenvalue weighted by atomic mass is 10.2. The Balaban J connectivity index is 1.66. The van der Waals surface area contributed by atoms with Crippen molar-refractivity contribution in [1.82, 2.24) is 4.98 Å². The van der Waals surface area contributed by atoms with E-state index in [0.29, 0.717) is 6.61 Å². The Hall–Kier alpha value is -2.33. The number of hydrogen-bond donors (Lipinski definition) is 0. The summed E-state index contributed by atoms with van der Waals surface area (Å²) in [6.45, 7) is 4.82. The highest BCUT2D eigenvalue weighted by Gasteiger charge is 2.10. The van der Waals surface area contributed by atoms with Gasteiger partial charge in [-0.1, -0.05) is 18.2 Å². The van der Waals surface area contributed by atoms with E-state index in [4.69, 9.17) is 14.5 Å². The summed E-state index contributed by atoms with van der Waals surface area (Å²) in [4.78, 5) is 6.03. The van der Waals surface area contributed by atoms with Crippen molar-refractivity contribution in [3.8, 4) is 22.1 Å². The third-order valence-corrected chi connectivity index (χ3v) is 4.98. The zero-order chi connectivity index (χ0) is 16.9. The molecule has 0 aliphatic heterocycles. The fourth-order valence-electron chi connectivity index (χ4n) is 2.49. The van der Waals surface area contributed by atoms with E-state index in [1.807, 2.05) is 42.5 Å². The Labute approximate surface area is 146 Å². The first kappa shape index (κ1) is 16.5. The molecule has 0 fully saturated rings. The van der Waals surface area contributed by atoms with Gasteiger partial charge in [-0.25, -0.2) is 4.98 Å². The number of rotatable bonds is 6. The fraction of sp³-hybridized carbons (Fsp3) is 0.250. The number of para-hydroxylation sites is 1. The minimum absolute atomic E-state index is 0.636. The molecule has 24 heavy (non-hydrogen) atoms. The van der Waals surface area contributed by atoms with Gasteiger partial charge in [-0.2, -0.15) is 0 Å². The number of methoxy groups -OCH3 is 1. The molecule has 0 N–H and O–H groups in total. The van der Waals surface area contributed by atoms with Crippen LogP contribution < -0.4 is 9.47 Å². The van der Waals surface area contributed by atoms with Crippen molar-refractivity contribution < 1.29 is 9.47 Å². The number of aryl methyl sites for hydroxylation is 2. The van der Waals surface area contributed by atoms with E-state index in [-0.39, 0.29) is 0 Å². The lowest BCUT2D eigenvalue weighted by Crippen LogP contribution is -2.03. The third kappa shape index (κ3) is 3.77. The molecule has 0 radical (unpaired) electrons. The first-order valence-corrected chi connectivity index (χ1v) is 8.78. The van der Waals surface area contributed by atoms with Gasteiger partial charge in [0.25, 0.3) is 0 Å². The quantitative estimate of drug-likeness (QED) is 0.629. The van der Waals surface area contributed by atoms with Crippen LogP contribution in [0.3, 0.4) is 0 Å². The fourth-order valence-corrected chi connectivity index (χ4v) is 3.46. The lowest BCUT2D eigenvalue weighted by molar-refractivity contribution is 0.318. The largest absolute Gasteiger partial charge is 0.497 e. The average Bonchev–Trinajstić information content (AvgIpc) is 2.98. The van der Waals surface area contributed by atoms with Gasteiger partial charge < -0.3 is 9.47 Å². The number of benzene rings is 2. The molecular formula is C20H21NO2S. The molecule has 0 saturated heterocycles. The first-order chi connectivity index (χ1) is 11.7. The minimum Gasteiger partial charge on any atom is -0.497 e. The Morgan fingerprint density at radius 3 is 2.46 bits per heavy atom. The summed E-state index contributed by atoms with van der Waals surface area (Å²) >= 11 is 1.72. The van der Waals surface area contributed by atoms with Gasteiger partial charge >= 0.3 is 0 Å². The smallest absolute Gasteiger partial charge is 0.123 e. The zero-order valence-corrected chi connectivity index (χ0v) is 15.0. The first-order valence-electron chi connectivity index (χ1n) is 7.96. The second-order valence-corrected chi connectivity index (χ2v) is 6.82. The Kier molecular flexibility index (Phi) is 5.16. The minimum atomic E-state index is 0.636. The van der Waals surface area contributed by atoms with Crippen LogP contribution >= 0.6 is 11.3 Å². The highest BCUT2D eigenvalue weighted by atomic mass is 32.1. The standard InChI is InChI=1S/C20H21NO2S/c1-14-6-4-5-7-19(14)23-13-12-18-15(2)24-20(21-18)16-8-10-17(22-3)11-9-16/h4-11H,12-13H2,1-3H3. The zero-order valence-electron chi connectivity index (χ0n) is 14.2. The Morgan fingerprint density at radius 2 is 1.75 bits per heavy atom. The molecule has 1 heterocycles. The molecule has 0 amide bonds. The van der Waals surface area contributed by atoms with Crippen LogP contribution in [-0.2, 0) is 6.42 Å². The molecule has 2 aromatic carbocycles. The molecule has 1 aromatic heterocycles. The molecule has 0 spiro atoms.